The standard InChI is InChI=1S/C16H14BrClN2/c1-2-15(12-4-3-5-13(17)9-12)20-16-8-11(10-19)6-7-14(16)18/h3-9,15,20H,2H2,1H3. The van der Waals surface area contributed by atoms with Crippen molar-refractivity contribution in [3.05, 3.63) is 63.1 Å². The number of hydrogen-bond acceptors (Lipinski definition) is 2. The van der Waals surface area contributed by atoms with Crippen molar-refractivity contribution in [2.75, 3.05) is 5.32 Å². The molecule has 0 aliphatic rings. The molecule has 1 unspecified atom stereocenters. The van der Waals surface area contributed by atoms with Crippen LogP contribution in [0.3, 0.4) is 0 Å². The smallest absolute Gasteiger partial charge is 0.0992 e. The van der Waals surface area contributed by atoms with Crippen LogP contribution >= 0.6 is 27.5 Å². The summed E-state index contributed by atoms with van der Waals surface area (Å²) in [6.07, 6.45) is 0.920. The van der Waals surface area contributed by atoms with Gasteiger partial charge in [0.15, 0.2) is 0 Å². The van der Waals surface area contributed by atoms with Gasteiger partial charge in [-0.05, 0) is 42.3 Å². The quantitative estimate of drug-likeness (QED) is 0.787. The molecule has 0 spiro atoms. The molecule has 0 aromatic heterocycles. The summed E-state index contributed by atoms with van der Waals surface area (Å²) >= 11 is 9.68. The van der Waals surface area contributed by atoms with Gasteiger partial charge in [-0.25, -0.2) is 0 Å². The molecule has 0 radical (unpaired) electrons. The number of anilines is 1. The Kier molecular flexibility index (Phi) is 5.05. The Morgan fingerprint density at radius 3 is 2.75 bits per heavy atom. The lowest BCUT2D eigenvalue weighted by Crippen LogP contribution is -2.10. The van der Waals surface area contributed by atoms with Gasteiger partial charge in [0.1, 0.15) is 0 Å². The van der Waals surface area contributed by atoms with Gasteiger partial charge in [0.05, 0.1) is 28.4 Å². The van der Waals surface area contributed by atoms with Gasteiger partial charge in [-0.3, -0.25) is 0 Å². The summed E-state index contributed by atoms with van der Waals surface area (Å²) in [5.41, 5.74) is 2.57. The monoisotopic (exact) mass is 348 g/mol. The second-order valence-corrected chi connectivity index (χ2v) is 5.79. The number of nitrogens with zero attached hydrogens (tertiary/aromatic N) is 1. The topological polar surface area (TPSA) is 35.8 Å². The van der Waals surface area contributed by atoms with Crippen molar-refractivity contribution in [3.63, 3.8) is 0 Å². The first kappa shape index (κ1) is 14.9. The zero-order valence-corrected chi connectivity index (χ0v) is 13.4. The van der Waals surface area contributed by atoms with E-state index in [0.717, 1.165) is 16.6 Å². The summed E-state index contributed by atoms with van der Waals surface area (Å²) < 4.78 is 1.05. The Bertz CT molecular complexity index is 649. The van der Waals surface area contributed by atoms with Gasteiger partial charge in [-0.15, -0.1) is 0 Å². The van der Waals surface area contributed by atoms with Gasteiger partial charge in [-0.2, -0.15) is 5.26 Å². The van der Waals surface area contributed by atoms with E-state index >= 15 is 0 Å². The average molecular weight is 350 g/mol. The first-order valence-corrected chi connectivity index (χ1v) is 7.52. The third kappa shape index (κ3) is 3.53. The van der Waals surface area contributed by atoms with Crippen molar-refractivity contribution in [1.29, 1.82) is 5.26 Å². The Morgan fingerprint density at radius 2 is 2.10 bits per heavy atom. The summed E-state index contributed by atoms with van der Waals surface area (Å²) in [4.78, 5) is 0. The van der Waals surface area contributed by atoms with E-state index < -0.39 is 0 Å². The highest BCUT2D eigenvalue weighted by Crippen LogP contribution is 2.29. The summed E-state index contributed by atoms with van der Waals surface area (Å²) in [7, 11) is 0. The van der Waals surface area contributed by atoms with Crippen LogP contribution in [0, 0.1) is 11.3 Å². The van der Waals surface area contributed by atoms with Crippen LogP contribution in [0.25, 0.3) is 0 Å². The molecule has 4 heteroatoms. The third-order valence-corrected chi connectivity index (χ3v) is 3.91. The molecule has 0 amide bonds. The van der Waals surface area contributed by atoms with Crippen LogP contribution in [0.5, 0.6) is 0 Å². The summed E-state index contributed by atoms with van der Waals surface area (Å²) in [6, 6.07) is 15.7. The van der Waals surface area contributed by atoms with E-state index in [4.69, 9.17) is 16.9 Å². The van der Waals surface area contributed by atoms with Crippen molar-refractivity contribution in [2.24, 2.45) is 0 Å². The highest BCUT2D eigenvalue weighted by molar-refractivity contribution is 9.10. The lowest BCUT2D eigenvalue weighted by molar-refractivity contribution is 0.749. The van der Waals surface area contributed by atoms with Gasteiger partial charge in [0, 0.05) is 4.47 Å². The van der Waals surface area contributed by atoms with E-state index in [1.807, 2.05) is 12.1 Å². The number of benzene rings is 2. The minimum Gasteiger partial charge on any atom is -0.377 e. The molecule has 2 nitrogen and oxygen atoms in total. The van der Waals surface area contributed by atoms with Crippen LogP contribution in [-0.2, 0) is 0 Å². The zero-order chi connectivity index (χ0) is 14.5. The maximum absolute atomic E-state index is 8.97. The Morgan fingerprint density at radius 1 is 1.30 bits per heavy atom. The third-order valence-electron chi connectivity index (χ3n) is 3.08. The second kappa shape index (κ2) is 6.78. The fraction of sp³-hybridized carbons (Fsp3) is 0.188. The SMILES string of the molecule is CCC(Nc1cc(C#N)ccc1Cl)c1cccc(Br)c1. The van der Waals surface area contributed by atoms with E-state index in [1.54, 1.807) is 18.2 Å². The number of nitrogens with one attached hydrogen (secondary N) is 1. The molecule has 2 aromatic carbocycles. The minimum absolute atomic E-state index is 0.152. The van der Waals surface area contributed by atoms with Gasteiger partial charge in [0.2, 0.25) is 0 Å². The molecule has 0 fully saturated rings. The highest BCUT2D eigenvalue weighted by Gasteiger charge is 2.11. The first-order valence-electron chi connectivity index (χ1n) is 6.35. The van der Waals surface area contributed by atoms with E-state index in [-0.39, 0.29) is 6.04 Å². The molecule has 2 aromatic rings. The fourth-order valence-electron chi connectivity index (χ4n) is 2.04. The van der Waals surface area contributed by atoms with Gasteiger partial charge in [-0.1, -0.05) is 46.6 Å². The number of hydrogen-bond donors (Lipinski definition) is 1. The summed E-state index contributed by atoms with van der Waals surface area (Å²) in [6.45, 7) is 2.11. The van der Waals surface area contributed by atoms with Gasteiger partial charge in [0.25, 0.3) is 0 Å². The molecule has 102 valence electrons. The zero-order valence-electron chi connectivity index (χ0n) is 11.0. The summed E-state index contributed by atoms with van der Waals surface area (Å²) in [5.74, 6) is 0. The number of nitriles is 1. The van der Waals surface area contributed by atoms with E-state index in [0.29, 0.717) is 10.6 Å². The van der Waals surface area contributed by atoms with Crippen molar-refractivity contribution in [3.8, 4) is 6.07 Å². The fourth-order valence-corrected chi connectivity index (χ4v) is 2.63. The largest absolute Gasteiger partial charge is 0.377 e. The van der Waals surface area contributed by atoms with E-state index in [2.05, 4.69) is 46.4 Å². The molecule has 0 saturated carbocycles. The van der Waals surface area contributed by atoms with Crippen LogP contribution in [0.1, 0.15) is 30.5 Å². The van der Waals surface area contributed by atoms with E-state index in [1.165, 1.54) is 5.56 Å². The lowest BCUT2D eigenvalue weighted by Gasteiger charge is -2.20. The van der Waals surface area contributed by atoms with Gasteiger partial charge < -0.3 is 5.32 Å². The van der Waals surface area contributed by atoms with Crippen molar-refractivity contribution in [2.45, 2.75) is 19.4 Å². The predicted octanol–water partition coefficient (Wildman–Crippen LogP) is 5.54. The van der Waals surface area contributed by atoms with Crippen LogP contribution < -0.4 is 5.32 Å². The normalized spacial score (nSPS) is 11.7. The molecule has 0 aliphatic carbocycles. The lowest BCUT2D eigenvalue weighted by atomic mass is 10.0. The molecule has 0 saturated heterocycles. The molecular weight excluding hydrogens is 336 g/mol. The highest BCUT2D eigenvalue weighted by atomic mass is 79.9. The maximum Gasteiger partial charge on any atom is 0.0992 e. The van der Waals surface area contributed by atoms with E-state index in [9.17, 15) is 0 Å². The van der Waals surface area contributed by atoms with Crippen LogP contribution in [0.4, 0.5) is 5.69 Å². The Hall–Kier alpha value is -1.50. The predicted molar refractivity (Wildman–Crippen MR) is 87.0 cm³/mol. The molecular formula is C16H14BrClN2. The van der Waals surface area contributed by atoms with Crippen LogP contribution in [0.2, 0.25) is 5.02 Å². The van der Waals surface area contributed by atoms with Crippen molar-refractivity contribution < 1.29 is 0 Å². The number of halogens is 2. The second-order valence-electron chi connectivity index (χ2n) is 4.47. The maximum atomic E-state index is 8.97. The Labute approximate surface area is 132 Å². The van der Waals surface area contributed by atoms with Crippen molar-refractivity contribution >= 4 is 33.2 Å². The molecule has 0 bridgehead atoms. The molecule has 2 rings (SSSR count). The van der Waals surface area contributed by atoms with Crippen molar-refractivity contribution in [1.82, 2.24) is 0 Å². The molecule has 1 atom stereocenters. The molecule has 20 heavy (non-hydrogen) atoms. The van der Waals surface area contributed by atoms with Crippen LogP contribution in [0.15, 0.2) is 46.9 Å². The average Bonchev–Trinajstić information content (AvgIpc) is 2.46. The Balaban J connectivity index is 2.29. The molecule has 1 N–H and O–H groups in total. The summed E-state index contributed by atoms with van der Waals surface area (Å²) in [5, 5.41) is 13.0. The molecule has 0 aliphatic heterocycles. The minimum atomic E-state index is 0.152. The number of rotatable bonds is 4. The molecule has 0 heterocycles. The van der Waals surface area contributed by atoms with Crippen LogP contribution in [-0.4, -0.2) is 0 Å². The first-order chi connectivity index (χ1) is 9.63. The van der Waals surface area contributed by atoms with Gasteiger partial charge >= 0.3 is 0 Å².